The van der Waals surface area contributed by atoms with Crippen LogP contribution in [-0.2, 0) is 16.0 Å². The Kier molecular flexibility index (Phi) is 11.4. The van der Waals surface area contributed by atoms with Crippen molar-refractivity contribution in [1.29, 1.82) is 0 Å². The van der Waals surface area contributed by atoms with Crippen LogP contribution in [0.4, 0.5) is 0 Å². The molecule has 0 spiro atoms. The first-order valence-corrected chi connectivity index (χ1v) is 12.0. The van der Waals surface area contributed by atoms with E-state index in [1.54, 1.807) is 0 Å². The lowest BCUT2D eigenvalue weighted by atomic mass is 9.86. The Morgan fingerprint density at radius 3 is 2.41 bits per heavy atom. The maximum Gasteiger partial charge on any atom is 0.306 e. The molecule has 1 saturated carbocycles. The van der Waals surface area contributed by atoms with Crippen LogP contribution < -0.4 is 0 Å². The molecule has 0 bridgehead atoms. The first-order valence-electron chi connectivity index (χ1n) is 12.0. The number of rotatable bonds is 14. The van der Waals surface area contributed by atoms with Gasteiger partial charge in [0.2, 0.25) is 0 Å². The fourth-order valence-electron chi connectivity index (χ4n) is 4.75. The second kappa shape index (κ2) is 13.8. The van der Waals surface area contributed by atoms with Crippen molar-refractivity contribution >= 4 is 5.97 Å². The number of hydrogen-bond acceptors (Lipinski definition) is 3. The highest BCUT2D eigenvalue weighted by Gasteiger charge is 2.26. The second-order valence-electron chi connectivity index (χ2n) is 9.20. The van der Waals surface area contributed by atoms with Crippen LogP contribution in [0.3, 0.4) is 0 Å². The summed E-state index contributed by atoms with van der Waals surface area (Å²) < 4.78 is 5.18. The summed E-state index contributed by atoms with van der Waals surface area (Å²) in [6.45, 7) is 3.80. The zero-order chi connectivity index (χ0) is 20.9. The molecule has 0 amide bonds. The van der Waals surface area contributed by atoms with Gasteiger partial charge in [-0.1, -0.05) is 75.3 Å². The van der Waals surface area contributed by atoms with E-state index >= 15 is 0 Å². The molecule has 0 radical (unpaired) electrons. The van der Waals surface area contributed by atoms with E-state index in [2.05, 4.69) is 24.3 Å². The third-order valence-electron chi connectivity index (χ3n) is 6.37. The number of esters is 1. The highest BCUT2D eigenvalue weighted by molar-refractivity contribution is 5.69. The second-order valence-corrected chi connectivity index (χ2v) is 9.20. The maximum atomic E-state index is 11.5. The van der Waals surface area contributed by atoms with Gasteiger partial charge in [-0.25, -0.2) is 0 Å². The monoisotopic (exact) mass is 402 g/mol. The summed E-state index contributed by atoms with van der Waals surface area (Å²) in [5.74, 6) is 1.60. The molecule has 1 aromatic rings. The predicted molar refractivity (Wildman–Crippen MR) is 120 cm³/mol. The average Bonchev–Trinajstić information content (AvgIpc) is 3.15. The van der Waals surface area contributed by atoms with Crippen molar-refractivity contribution < 1.29 is 14.6 Å². The van der Waals surface area contributed by atoms with Gasteiger partial charge in [-0.2, -0.15) is 0 Å². The molecule has 29 heavy (non-hydrogen) atoms. The third-order valence-corrected chi connectivity index (χ3v) is 6.37. The van der Waals surface area contributed by atoms with Gasteiger partial charge in [0.15, 0.2) is 0 Å². The molecule has 1 N–H and O–H groups in total. The summed E-state index contributed by atoms with van der Waals surface area (Å²) in [6.07, 6.45) is 14.3. The van der Waals surface area contributed by atoms with Crippen LogP contribution in [0, 0.1) is 11.8 Å². The Morgan fingerprint density at radius 1 is 1.00 bits per heavy atom. The molecule has 3 unspecified atom stereocenters. The number of aryl methyl sites for hydroxylation is 1. The summed E-state index contributed by atoms with van der Waals surface area (Å²) in [6, 6.07) is 10.5. The number of ether oxygens (including phenoxy) is 1. The molecule has 1 aliphatic rings. The minimum atomic E-state index is -0.165. The summed E-state index contributed by atoms with van der Waals surface area (Å²) in [5, 5.41) is 10.4. The molecular formula is C26H42O3. The number of benzene rings is 1. The van der Waals surface area contributed by atoms with Crippen LogP contribution in [0.15, 0.2) is 30.3 Å². The Labute approximate surface area is 178 Å². The lowest BCUT2D eigenvalue weighted by Crippen LogP contribution is -2.14. The van der Waals surface area contributed by atoms with Crippen LogP contribution in [0.1, 0.15) is 96.5 Å². The van der Waals surface area contributed by atoms with E-state index in [9.17, 15) is 9.90 Å². The number of hydrogen-bond donors (Lipinski definition) is 1. The summed E-state index contributed by atoms with van der Waals surface area (Å²) >= 11 is 0. The van der Waals surface area contributed by atoms with Gasteiger partial charge in [-0.05, 0) is 63.4 Å². The Bertz CT molecular complexity index is 554. The topological polar surface area (TPSA) is 46.5 Å². The normalized spacial score (nSPS) is 20.1. The van der Waals surface area contributed by atoms with E-state index in [0.29, 0.717) is 6.42 Å². The van der Waals surface area contributed by atoms with Gasteiger partial charge < -0.3 is 9.84 Å². The van der Waals surface area contributed by atoms with Crippen molar-refractivity contribution in [2.45, 2.75) is 110 Å². The van der Waals surface area contributed by atoms with Gasteiger partial charge in [-0.3, -0.25) is 4.79 Å². The lowest BCUT2D eigenvalue weighted by Gasteiger charge is -2.21. The van der Waals surface area contributed by atoms with Gasteiger partial charge in [0, 0.05) is 6.42 Å². The van der Waals surface area contributed by atoms with E-state index in [1.807, 2.05) is 19.9 Å². The highest BCUT2D eigenvalue weighted by Crippen LogP contribution is 2.38. The molecule has 0 aromatic heterocycles. The average molecular weight is 403 g/mol. The van der Waals surface area contributed by atoms with E-state index in [1.165, 1.54) is 50.5 Å². The number of carbonyl (C=O) groups is 1. The molecule has 2 rings (SSSR count). The molecule has 3 nitrogen and oxygen atoms in total. The molecule has 3 heteroatoms. The fraction of sp³-hybridized carbons (Fsp3) is 0.731. The largest absolute Gasteiger partial charge is 0.463 e. The minimum Gasteiger partial charge on any atom is -0.463 e. The first kappa shape index (κ1) is 23.9. The van der Waals surface area contributed by atoms with E-state index in [0.717, 1.165) is 43.9 Å². The molecule has 164 valence electrons. The van der Waals surface area contributed by atoms with Gasteiger partial charge >= 0.3 is 5.97 Å². The van der Waals surface area contributed by atoms with E-state index in [-0.39, 0.29) is 18.2 Å². The van der Waals surface area contributed by atoms with Crippen LogP contribution in [0.25, 0.3) is 0 Å². The quantitative estimate of drug-likeness (QED) is 0.286. The van der Waals surface area contributed by atoms with Crippen molar-refractivity contribution in [3.05, 3.63) is 35.9 Å². The summed E-state index contributed by atoms with van der Waals surface area (Å²) in [5.41, 5.74) is 1.32. The van der Waals surface area contributed by atoms with Crippen molar-refractivity contribution in [3.8, 4) is 0 Å². The molecule has 3 atom stereocenters. The van der Waals surface area contributed by atoms with Crippen molar-refractivity contribution in [2.75, 3.05) is 0 Å². The Morgan fingerprint density at radius 2 is 1.69 bits per heavy atom. The minimum absolute atomic E-state index is 0.00124. The number of aliphatic hydroxyl groups is 1. The number of unbranched alkanes of at least 4 members (excludes halogenated alkanes) is 3. The van der Waals surface area contributed by atoms with Crippen LogP contribution in [0.5, 0.6) is 0 Å². The van der Waals surface area contributed by atoms with E-state index < -0.39 is 0 Å². The van der Waals surface area contributed by atoms with Crippen LogP contribution in [0.2, 0.25) is 0 Å². The Hall–Kier alpha value is -1.35. The number of carbonyl (C=O) groups excluding carboxylic acids is 1. The third kappa shape index (κ3) is 10.3. The van der Waals surface area contributed by atoms with E-state index in [4.69, 9.17) is 4.74 Å². The molecule has 0 saturated heterocycles. The maximum absolute atomic E-state index is 11.5. The predicted octanol–water partition coefficient (Wildman–Crippen LogP) is 6.47. The summed E-state index contributed by atoms with van der Waals surface area (Å²) in [4.78, 5) is 11.5. The van der Waals surface area contributed by atoms with Crippen molar-refractivity contribution in [1.82, 2.24) is 0 Å². The molecule has 0 aliphatic heterocycles. The fourth-order valence-corrected chi connectivity index (χ4v) is 4.75. The molecule has 1 aromatic carbocycles. The zero-order valence-corrected chi connectivity index (χ0v) is 18.7. The van der Waals surface area contributed by atoms with Crippen molar-refractivity contribution in [2.24, 2.45) is 11.8 Å². The highest BCUT2D eigenvalue weighted by atomic mass is 16.5. The van der Waals surface area contributed by atoms with Crippen LogP contribution >= 0.6 is 0 Å². The standard InChI is InChI=1S/C26H42O3/c1-21(2)29-26(28)16-9-4-3-8-13-23-14-10-15-24(23)18-20-25(27)19-17-22-11-6-5-7-12-22/h5-7,11-12,21,23-25,27H,3-4,8-10,13-20H2,1-2H3. The summed E-state index contributed by atoms with van der Waals surface area (Å²) in [7, 11) is 0. The lowest BCUT2D eigenvalue weighted by molar-refractivity contribution is -0.147. The number of aliphatic hydroxyl groups excluding tert-OH is 1. The SMILES string of the molecule is CC(C)OC(=O)CCCCCCC1CCCC1CCC(O)CCc1ccccc1. The molecule has 1 aliphatic carbocycles. The van der Waals surface area contributed by atoms with Crippen LogP contribution in [-0.4, -0.2) is 23.3 Å². The smallest absolute Gasteiger partial charge is 0.306 e. The molecule has 0 heterocycles. The molecular weight excluding hydrogens is 360 g/mol. The Balaban J connectivity index is 1.53. The first-order chi connectivity index (χ1) is 14.0. The van der Waals surface area contributed by atoms with Gasteiger partial charge in [0.25, 0.3) is 0 Å². The zero-order valence-electron chi connectivity index (χ0n) is 18.7. The van der Waals surface area contributed by atoms with Gasteiger partial charge in [0.1, 0.15) is 0 Å². The molecule has 1 fully saturated rings. The van der Waals surface area contributed by atoms with Gasteiger partial charge in [0.05, 0.1) is 12.2 Å². The van der Waals surface area contributed by atoms with Crippen molar-refractivity contribution in [3.63, 3.8) is 0 Å². The van der Waals surface area contributed by atoms with Gasteiger partial charge in [-0.15, -0.1) is 0 Å².